The maximum atomic E-state index is 11.7. The molecule has 0 aliphatic heterocycles. The van der Waals surface area contributed by atoms with Crippen LogP contribution in [0.4, 0.5) is 17.1 Å². The number of benzene rings is 3. The molecule has 0 fully saturated rings. The minimum absolute atomic E-state index is 0.185. The molecule has 134 valence electrons. The molecule has 0 amide bonds. The second-order valence-electron chi connectivity index (χ2n) is 6.66. The number of nitrogens with one attached hydrogen (secondary N) is 1. The first kappa shape index (κ1) is 16.8. The minimum atomic E-state index is -0.993. The average Bonchev–Trinajstić information content (AvgIpc) is 2.64. The molecule has 1 heterocycles. The van der Waals surface area contributed by atoms with E-state index in [0.29, 0.717) is 11.2 Å². The van der Waals surface area contributed by atoms with Gasteiger partial charge in [0.25, 0.3) is 0 Å². The number of hydrogen-bond donors (Lipinski definition) is 3. The van der Waals surface area contributed by atoms with Crippen molar-refractivity contribution in [1.29, 1.82) is 0 Å². The maximum absolute atomic E-state index is 11.7. The Morgan fingerprint density at radius 3 is 2.41 bits per heavy atom. The Morgan fingerprint density at radius 1 is 0.963 bits per heavy atom. The van der Waals surface area contributed by atoms with Gasteiger partial charge in [-0.25, -0.2) is 9.78 Å². The second kappa shape index (κ2) is 6.29. The van der Waals surface area contributed by atoms with Crippen LogP contribution in [0.1, 0.15) is 21.5 Å². The number of pyridine rings is 1. The highest BCUT2D eigenvalue weighted by molar-refractivity contribution is 6.14. The molecule has 5 nitrogen and oxygen atoms in total. The van der Waals surface area contributed by atoms with Crippen LogP contribution in [-0.4, -0.2) is 16.1 Å². The SMILES string of the molecule is Cc1ccc(N)cc1Nc1c2cccc(C)c2nc2c(C(=O)O)cccc12. The van der Waals surface area contributed by atoms with Crippen molar-refractivity contribution in [3.05, 3.63) is 71.3 Å². The van der Waals surface area contributed by atoms with Crippen molar-refractivity contribution in [2.24, 2.45) is 0 Å². The first-order valence-corrected chi connectivity index (χ1v) is 8.64. The zero-order valence-electron chi connectivity index (χ0n) is 15.1. The maximum Gasteiger partial charge on any atom is 0.337 e. The van der Waals surface area contributed by atoms with Gasteiger partial charge in [0.2, 0.25) is 0 Å². The lowest BCUT2D eigenvalue weighted by molar-refractivity contribution is 0.0699. The number of nitrogen functional groups attached to an aromatic ring is 1. The van der Waals surface area contributed by atoms with Crippen molar-refractivity contribution >= 4 is 44.8 Å². The van der Waals surface area contributed by atoms with Crippen LogP contribution in [0.25, 0.3) is 21.8 Å². The summed E-state index contributed by atoms with van der Waals surface area (Å²) in [6.07, 6.45) is 0. The van der Waals surface area contributed by atoms with Crippen LogP contribution in [0.5, 0.6) is 0 Å². The van der Waals surface area contributed by atoms with Gasteiger partial charge in [-0.05, 0) is 43.2 Å². The first-order chi connectivity index (χ1) is 13.0. The number of aromatic nitrogens is 1. The molecule has 0 radical (unpaired) electrons. The fraction of sp³-hybridized carbons (Fsp3) is 0.0909. The summed E-state index contributed by atoms with van der Waals surface area (Å²) in [6, 6.07) is 16.8. The van der Waals surface area contributed by atoms with E-state index in [1.807, 2.05) is 56.3 Å². The Bertz CT molecular complexity index is 1220. The van der Waals surface area contributed by atoms with Gasteiger partial charge in [0.15, 0.2) is 0 Å². The van der Waals surface area contributed by atoms with Crippen LogP contribution in [0, 0.1) is 13.8 Å². The molecule has 0 aliphatic carbocycles. The number of hydrogen-bond acceptors (Lipinski definition) is 4. The van der Waals surface area contributed by atoms with E-state index in [4.69, 9.17) is 10.7 Å². The Labute approximate surface area is 156 Å². The number of aryl methyl sites for hydroxylation is 2. The number of fused-ring (bicyclic) bond motifs is 2. The number of nitrogens with two attached hydrogens (primary N) is 1. The van der Waals surface area contributed by atoms with Crippen LogP contribution in [-0.2, 0) is 0 Å². The fourth-order valence-corrected chi connectivity index (χ4v) is 3.35. The monoisotopic (exact) mass is 357 g/mol. The van der Waals surface area contributed by atoms with Crippen LogP contribution >= 0.6 is 0 Å². The molecule has 4 N–H and O–H groups in total. The van der Waals surface area contributed by atoms with E-state index in [1.54, 1.807) is 12.1 Å². The normalized spacial score (nSPS) is 11.0. The topological polar surface area (TPSA) is 88.2 Å². The number of anilines is 3. The zero-order valence-corrected chi connectivity index (χ0v) is 15.1. The average molecular weight is 357 g/mol. The molecule has 0 spiro atoms. The number of carbonyl (C=O) groups is 1. The lowest BCUT2D eigenvalue weighted by atomic mass is 10.0. The quantitative estimate of drug-likeness (QED) is 0.353. The van der Waals surface area contributed by atoms with Crippen LogP contribution in [0.3, 0.4) is 0 Å². The van der Waals surface area contributed by atoms with E-state index in [-0.39, 0.29) is 5.56 Å². The van der Waals surface area contributed by atoms with Gasteiger partial charge in [-0.15, -0.1) is 0 Å². The minimum Gasteiger partial charge on any atom is -0.478 e. The highest BCUT2D eigenvalue weighted by atomic mass is 16.4. The smallest absolute Gasteiger partial charge is 0.337 e. The molecule has 0 saturated carbocycles. The van der Waals surface area contributed by atoms with Gasteiger partial charge in [-0.2, -0.15) is 0 Å². The molecular formula is C22H19N3O2. The Kier molecular flexibility index (Phi) is 3.92. The molecule has 0 bridgehead atoms. The summed E-state index contributed by atoms with van der Waals surface area (Å²) in [5.74, 6) is -0.993. The molecular weight excluding hydrogens is 338 g/mol. The molecule has 4 rings (SSSR count). The standard InChI is InChI=1S/C22H19N3O2/c1-12-9-10-14(23)11-18(12)24-20-15-6-3-5-13(2)19(15)25-21-16(20)7-4-8-17(21)22(26)27/h3-11H,23H2,1-2H3,(H,24,25)(H,26,27). The van der Waals surface area contributed by atoms with Crippen molar-refractivity contribution in [3.8, 4) is 0 Å². The molecule has 5 heteroatoms. The summed E-state index contributed by atoms with van der Waals surface area (Å²) in [5.41, 5.74) is 11.8. The largest absolute Gasteiger partial charge is 0.478 e. The van der Waals surface area contributed by atoms with Gasteiger partial charge in [0.05, 0.1) is 22.3 Å². The lowest BCUT2D eigenvalue weighted by Crippen LogP contribution is -2.03. The van der Waals surface area contributed by atoms with Crippen molar-refractivity contribution in [1.82, 2.24) is 4.98 Å². The molecule has 27 heavy (non-hydrogen) atoms. The number of nitrogens with zero attached hydrogens (tertiary/aromatic N) is 1. The van der Waals surface area contributed by atoms with Crippen LogP contribution in [0.2, 0.25) is 0 Å². The lowest BCUT2D eigenvalue weighted by Gasteiger charge is -2.17. The summed E-state index contributed by atoms with van der Waals surface area (Å²) in [4.78, 5) is 16.4. The van der Waals surface area contributed by atoms with Crippen LogP contribution in [0.15, 0.2) is 54.6 Å². The van der Waals surface area contributed by atoms with E-state index in [0.717, 1.165) is 38.8 Å². The fourth-order valence-electron chi connectivity index (χ4n) is 3.35. The molecule has 0 atom stereocenters. The number of aromatic carboxylic acids is 1. The summed E-state index contributed by atoms with van der Waals surface area (Å²) in [7, 11) is 0. The van der Waals surface area contributed by atoms with E-state index in [1.165, 1.54) is 0 Å². The van der Waals surface area contributed by atoms with E-state index in [9.17, 15) is 9.90 Å². The highest BCUT2D eigenvalue weighted by Gasteiger charge is 2.16. The van der Waals surface area contributed by atoms with E-state index < -0.39 is 5.97 Å². The number of carboxylic acids is 1. The molecule has 0 unspecified atom stereocenters. The summed E-state index contributed by atoms with van der Waals surface area (Å²) in [6.45, 7) is 3.97. The van der Waals surface area contributed by atoms with Crippen molar-refractivity contribution < 1.29 is 9.90 Å². The number of carboxylic acid groups (broad SMARTS) is 1. The third-order valence-electron chi connectivity index (χ3n) is 4.79. The number of para-hydroxylation sites is 2. The van der Waals surface area contributed by atoms with Gasteiger partial charge in [-0.1, -0.05) is 36.4 Å². The second-order valence-corrected chi connectivity index (χ2v) is 6.66. The van der Waals surface area contributed by atoms with Crippen molar-refractivity contribution in [3.63, 3.8) is 0 Å². The molecule has 1 aromatic heterocycles. The Balaban J connectivity index is 2.10. The van der Waals surface area contributed by atoms with Crippen molar-refractivity contribution in [2.75, 3.05) is 11.1 Å². The molecule has 3 aromatic carbocycles. The van der Waals surface area contributed by atoms with Gasteiger partial charge >= 0.3 is 5.97 Å². The zero-order chi connectivity index (χ0) is 19.1. The van der Waals surface area contributed by atoms with E-state index in [2.05, 4.69) is 5.32 Å². The highest BCUT2D eigenvalue weighted by Crippen LogP contribution is 2.36. The predicted molar refractivity (Wildman–Crippen MR) is 110 cm³/mol. The molecule has 0 aliphatic rings. The summed E-state index contributed by atoms with van der Waals surface area (Å²) < 4.78 is 0. The first-order valence-electron chi connectivity index (χ1n) is 8.64. The van der Waals surface area contributed by atoms with E-state index >= 15 is 0 Å². The van der Waals surface area contributed by atoms with Gasteiger partial charge in [-0.3, -0.25) is 0 Å². The summed E-state index contributed by atoms with van der Waals surface area (Å²) >= 11 is 0. The van der Waals surface area contributed by atoms with Gasteiger partial charge < -0.3 is 16.2 Å². The predicted octanol–water partition coefficient (Wildman–Crippen LogP) is 5.03. The number of rotatable bonds is 3. The summed E-state index contributed by atoms with van der Waals surface area (Å²) in [5, 5.41) is 14.8. The van der Waals surface area contributed by atoms with Crippen molar-refractivity contribution in [2.45, 2.75) is 13.8 Å². The van der Waals surface area contributed by atoms with Crippen LogP contribution < -0.4 is 11.1 Å². The Hall–Kier alpha value is -3.60. The molecule has 0 saturated heterocycles. The molecule has 4 aromatic rings. The third-order valence-corrected chi connectivity index (χ3v) is 4.79. The van der Waals surface area contributed by atoms with Gasteiger partial charge in [0, 0.05) is 22.1 Å². The Morgan fingerprint density at radius 2 is 1.67 bits per heavy atom. The van der Waals surface area contributed by atoms with Gasteiger partial charge in [0.1, 0.15) is 0 Å². The third kappa shape index (κ3) is 2.83.